The molecule has 4 aromatic rings. The van der Waals surface area contributed by atoms with E-state index in [0.717, 1.165) is 42.9 Å². The molecule has 148 valence electrons. The SMILES string of the molecule is Cc1cccc(OCCCn2c(CCc3ccccc3)nc3ccccc32)c1C. The fraction of sp³-hybridized carbons (Fsp3) is 0.269. The molecule has 0 radical (unpaired) electrons. The summed E-state index contributed by atoms with van der Waals surface area (Å²) in [4.78, 5) is 4.91. The summed E-state index contributed by atoms with van der Waals surface area (Å²) in [6, 6.07) is 25.3. The van der Waals surface area contributed by atoms with Gasteiger partial charge in [0.2, 0.25) is 0 Å². The van der Waals surface area contributed by atoms with Crippen molar-refractivity contribution in [3.05, 3.63) is 95.3 Å². The minimum Gasteiger partial charge on any atom is -0.493 e. The number of ether oxygens (including phenoxy) is 1. The van der Waals surface area contributed by atoms with Crippen LogP contribution < -0.4 is 4.74 Å². The molecule has 0 N–H and O–H groups in total. The largest absolute Gasteiger partial charge is 0.493 e. The van der Waals surface area contributed by atoms with E-state index in [4.69, 9.17) is 9.72 Å². The summed E-state index contributed by atoms with van der Waals surface area (Å²) in [5.74, 6) is 2.14. The lowest BCUT2D eigenvalue weighted by Gasteiger charge is -2.13. The average molecular weight is 385 g/mol. The van der Waals surface area contributed by atoms with E-state index in [1.807, 2.05) is 0 Å². The first-order valence-electron chi connectivity index (χ1n) is 10.4. The van der Waals surface area contributed by atoms with Gasteiger partial charge in [-0.15, -0.1) is 0 Å². The molecule has 1 aromatic heterocycles. The predicted octanol–water partition coefficient (Wildman–Crippen LogP) is 5.91. The molecule has 0 saturated carbocycles. The number of aromatic nitrogens is 2. The Morgan fingerprint density at radius 1 is 0.828 bits per heavy atom. The molecule has 0 bridgehead atoms. The lowest BCUT2D eigenvalue weighted by atomic mass is 10.1. The van der Waals surface area contributed by atoms with Crippen LogP contribution in [0.25, 0.3) is 11.0 Å². The van der Waals surface area contributed by atoms with E-state index in [1.54, 1.807) is 0 Å². The Hall–Kier alpha value is -3.07. The zero-order valence-electron chi connectivity index (χ0n) is 17.3. The molecule has 29 heavy (non-hydrogen) atoms. The van der Waals surface area contributed by atoms with E-state index in [-0.39, 0.29) is 0 Å². The highest BCUT2D eigenvalue weighted by Gasteiger charge is 2.11. The van der Waals surface area contributed by atoms with Crippen LogP contribution in [0, 0.1) is 13.8 Å². The third-order valence-corrected chi connectivity index (χ3v) is 5.55. The first-order chi connectivity index (χ1) is 14.2. The number of fused-ring (bicyclic) bond motifs is 1. The number of para-hydroxylation sites is 2. The first-order valence-corrected chi connectivity index (χ1v) is 10.4. The third-order valence-electron chi connectivity index (χ3n) is 5.55. The minimum absolute atomic E-state index is 0.703. The van der Waals surface area contributed by atoms with Crippen LogP contribution in [0.2, 0.25) is 0 Å². The molecule has 0 amide bonds. The third kappa shape index (κ3) is 4.51. The van der Waals surface area contributed by atoms with Crippen LogP contribution in [0.5, 0.6) is 5.75 Å². The monoisotopic (exact) mass is 384 g/mol. The molecule has 4 rings (SSSR count). The van der Waals surface area contributed by atoms with Gasteiger partial charge in [-0.25, -0.2) is 4.98 Å². The summed E-state index contributed by atoms with van der Waals surface area (Å²) >= 11 is 0. The van der Waals surface area contributed by atoms with Crippen LogP contribution in [0.4, 0.5) is 0 Å². The second kappa shape index (κ2) is 8.95. The Balaban J connectivity index is 1.45. The molecule has 0 spiro atoms. The topological polar surface area (TPSA) is 27.1 Å². The van der Waals surface area contributed by atoms with Gasteiger partial charge in [0.25, 0.3) is 0 Å². The quantitative estimate of drug-likeness (QED) is 0.353. The number of nitrogens with zero attached hydrogens (tertiary/aromatic N) is 2. The maximum atomic E-state index is 6.06. The van der Waals surface area contributed by atoms with Crippen molar-refractivity contribution in [3.63, 3.8) is 0 Å². The van der Waals surface area contributed by atoms with E-state index >= 15 is 0 Å². The molecule has 3 nitrogen and oxygen atoms in total. The van der Waals surface area contributed by atoms with Gasteiger partial charge in [-0.1, -0.05) is 54.6 Å². The van der Waals surface area contributed by atoms with Crippen molar-refractivity contribution in [3.8, 4) is 5.75 Å². The van der Waals surface area contributed by atoms with Crippen molar-refractivity contribution >= 4 is 11.0 Å². The zero-order chi connectivity index (χ0) is 20.1. The summed E-state index contributed by atoms with van der Waals surface area (Å²) in [6.45, 7) is 5.86. The van der Waals surface area contributed by atoms with Gasteiger partial charge in [0, 0.05) is 13.0 Å². The number of rotatable bonds is 8. The van der Waals surface area contributed by atoms with Gasteiger partial charge in [0.05, 0.1) is 17.6 Å². The van der Waals surface area contributed by atoms with Crippen molar-refractivity contribution in [2.45, 2.75) is 39.7 Å². The van der Waals surface area contributed by atoms with Crippen molar-refractivity contribution < 1.29 is 4.74 Å². The highest BCUT2D eigenvalue weighted by Crippen LogP contribution is 2.21. The van der Waals surface area contributed by atoms with Crippen molar-refractivity contribution in [2.24, 2.45) is 0 Å². The van der Waals surface area contributed by atoms with Crippen LogP contribution >= 0.6 is 0 Å². The molecule has 0 aliphatic carbocycles. The Bertz CT molecular complexity index is 1080. The fourth-order valence-electron chi connectivity index (χ4n) is 3.75. The number of imidazole rings is 1. The summed E-state index contributed by atoms with van der Waals surface area (Å²) < 4.78 is 8.43. The second-order valence-corrected chi connectivity index (χ2v) is 7.55. The number of hydrogen-bond acceptors (Lipinski definition) is 2. The van der Waals surface area contributed by atoms with E-state index in [2.05, 4.69) is 91.2 Å². The molecule has 0 atom stereocenters. The van der Waals surface area contributed by atoms with Crippen LogP contribution in [0.15, 0.2) is 72.8 Å². The van der Waals surface area contributed by atoms with Gasteiger partial charge in [-0.2, -0.15) is 0 Å². The van der Waals surface area contributed by atoms with Gasteiger partial charge >= 0.3 is 0 Å². The highest BCUT2D eigenvalue weighted by molar-refractivity contribution is 5.75. The Labute approximate surface area is 173 Å². The smallest absolute Gasteiger partial charge is 0.122 e. The lowest BCUT2D eigenvalue weighted by Crippen LogP contribution is -2.09. The van der Waals surface area contributed by atoms with Crippen LogP contribution in [-0.4, -0.2) is 16.2 Å². The molecule has 3 aromatic carbocycles. The van der Waals surface area contributed by atoms with E-state index in [9.17, 15) is 0 Å². The van der Waals surface area contributed by atoms with E-state index in [0.29, 0.717) is 6.61 Å². The molecule has 0 fully saturated rings. The molecule has 0 aliphatic rings. The lowest BCUT2D eigenvalue weighted by molar-refractivity contribution is 0.299. The maximum absolute atomic E-state index is 6.06. The van der Waals surface area contributed by atoms with Gasteiger partial charge in [0.1, 0.15) is 11.6 Å². The summed E-state index contributed by atoms with van der Waals surface area (Å²) in [7, 11) is 0. The van der Waals surface area contributed by atoms with Gasteiger partial charge in [0.15, 0.2) is 0 Å². The first kappa shape index (κ1) is 19.3. The minimum atomic E-state index is 0.703. The number of hydrogen-bond donors (Lipinski definition) is 0. The highest BCUT2D eigenvalue weighted by atomic mass is 16.5. The average Bonchev–Trinajstić information content (AvgIpc) is 3.11. The summed E-state index contributed by atoms with van der Waals surface area (Å²) in [5.41, 5.74) is 6.13. The Morgan fingerprint density at radius 3 is 2.48 bits per heavy atom. The van der Waals surface area contributed by atoms with Gasteiger partial charge in [-0.3, -0.25) is 0 Å². The fourth-order valence-corrected chi connectivity index (χ4v) is 3.75. The molecule has 0 unspecified atom stereocenters. The predicted molar refractivity (Wildman–Crippen MR) is 120 cm³/mol. The molecule has 3 heteroatoms. The van der Waals surface area contributed by atoms with Crippen molar-refractivity contribution in [2.75, 3.05) is 6.61 Å². The van der Waals surface area contributed by atoms with Gasteiger partial charge in [-0.05, 0) is 61.6 Å². The molecular weight excluding hydrogens is 356 g/mol. The van der Waals surface area contributed by atoms with Crippen LogP contribution in [-0.2, 0) is 19.4 Å². The molecule has 0 saturated heterocycles. The zero-order valence-corrected chi connectivity index (χ0v) is 17.3. The maximum Gasteiger partial charge on any atom is 0.122 e. The summed E-state index contributed by atoms with van der Waals surface area (Å²) in [5, 5.41) is 0. The van der Waals surface area contributed by atoms with Gasteiger partial charge < -0.3 is 9.30 Å². The van der Waals surface area contributed by atoms with Crippen LogP contribution in [0.1, 0.15) is 28.9 Å². The van der Waals surface area contributed by atoms with Crippen molar-refractivity contribution in [1.82, 2.24) is 9.55 Å². The standard InChI is InChI=1S/C26H28N2O/c1-20-10-8-15-25(21(20)2)29-19-9-18-28-24-14-7-6-13-23(24)27-26(28)17-16-22-11-4-3-5-12-22/h3-8,10-15H,9,16-19H2,1-2H3. The number of aryl methyl sites for hydroxylation is 4. The Kier molecular flexibility index (Phi) is 5.95. The van der Waals surface area contributed by atoms with E-state index in [1.165, 1.54) is 22.2 Å². The summed E-state index contributed by atoms with van der Waals surface area (Å²) in [6.07, 6.45) is 2.89. The molecule has 1 heterocycles. The Morgan fingerprint density at radius 2 is 1.62 bits per heavy atom. The van der Waals surface area contributed by atoms with Crippen LogP contribution in [0.3, 0.4) is 0 Å². The molecular formula is C26H28N2O. The molecule has 0 aliphatic heterocycles. The van der Waals surface area contributed by atoms with E-state index < -0.39 is 0 Å². The van der Waals surface area contributed by atoms with Crippen molar-refractivity contribution in [1.29, 1.82) is 0 Å². The number of benzene rings is 3. The normalized spacial score (nSPS) is 11.1. The second-order valence-electron chi connectivity index (χ2n) is 7.55.